The Kier molecular flexibility index (Phi) is 5.02. The minimum absolute atomic E-state index is 0.0191. The van der Waals surface area contributed by atoms with Crippen LogP contribution in [0.3, 0.4) is 0 Å². The first-order valence-electron chi connectivity index (χ1n) is 10.3. The van der Waals surface area contributed by atoms with E-state index in [1.165, 1.54) is 23.4 Å². The molecular formula is C20H22N8O4. The topological polar surface area (TPSA) is 139 Å². The molecule has 1 saturated heterocycles. The Morgan fingerprint density at radius 1 is 1.22 bits per heavy atom. The van der Waals surface area contributed by atoms with Gasteiger partial charge in [-0.05, 0) is 43.3 Å². The van der Waals surface area contributed by atoms with Crippen molar-refractivity contribution in [3.05, 3.63) is 48.0 Å². The van der Waals surface area contributed by atoms with Crippen LogP contribution in [-0.2, 0) is 14.3 Å². The second-order valence-corrected chi connectivity index (χ2v) is 8.17. The van der Waals surface area contributed by atoms with E-state index in [4.69, 9.17) is 4.74 Å². The average Bonchev–Trinajstić information content (AvgIpc) is 3.53. The zero-order valence-electron chi connectivity index (χ0n) is 17.5. The van der Waals surface area contributed by atoms with E-state index in [-0.39, 0.29) is 18.5 Å². The summed E-state index contributed by atoms with van der Waals surface area (Å²) in [4.78, 5) is 37.0. The molecule has 1 fully saturated rings. The number of carbonyl (C=O) groups is 2. The van der Waals surface area contributed by atoms with Gasteiger partial charge in [0, 0.05) is 12.7 Å². The van der Waals surface area contributed by atoms with Gasteiger partial charge in [-0.3, -0.25) is 14.7 Å². The molecule has 0 aliphatic carbocycles. The lowest BCUT2D eigenvalue weighted by Gasteiger charge is -2.38. The summed E-state index contributed by atoms with van der Waals surface area (Å²) in [7, 11) is 0. The number of hydrogen-bond acceptors (Lipinski definition) is 10. The van der Waals surface area contributed by atoms with Crippen LogP contribution in [-0.4, -0.2) is 83.2 Å². The number of ether oxygens (including phenoxy) is 1. The molecule has 0 radical (unpaired) electrons. The normalized spacial score (nSPS) is 21.6. The van der Waals surface area contributed by atoms with E-state index in [2.05, 4.69) is 30.4 Å². The second-order valence-electron chi connectivity index (χ2n) is 8.17. The first kappa shape index (κ1) is 20.4. The minimum Gasteiger partial charge on any atom is -0.456 e. The largest absolute Gasteiger partial charge is 0.456 e. The lowest BCUT2D eigenvalue weighted by molar-refractivity contribution is -0.138. The van der Waals surface area contributed by atoms with Gasteiger partial charge >= 0.3 is 5.97 Å². The summed E-state index contributed by atoms with van der Waals surface area (Å²) in [5.74, 6) is 0.0658. The molecule has 166 valence electrons. The van der Waals surface area contributed by atoms with Crippen LogP contribution in [0.2, 0.25) is 0 Å². The Balaban J connectivity index is 1.19. The van der Waals surface area contributed by atoms with Crippen molar-refractivity contribution in [1.82, 2.24) is 40.0 Å². The van der Waals surface area contributed by atoms with Crippen molar-refractivity contribution >= 4 is 11.9 Å². The van der Waals surface area contributed by atoms with Crippen molar-refractivity contribution in [2.75, 3.05) is 26.2 Å². The standard InChI is InChI=1S/C20H22N8O4/c1-13-15(11-32-18(13)30)27-7-4-20(19(27)31)2-5-26(6-3-20)10-16(29)14-8-22-17(9-21-14)28-12-23-24-25-28/h4,7-9,12,16,29H,2-3,5-6,10-11H2,1H3. The number of cyclic esters (lactones) is 1. The average molecular weight is 438 g/mol. The van der Waals surface area contributed by atoms with E-state index in [1.807, 2.05) is 6.08 Å². The van der Waals surface area contributed by atoms with Gasteiger partial charge < -0.3 is 14.7 Å². The summed E-state index contributed by atoms with van der Waals surface area (Å²) >= 11 is 0. The Bertz CT molecular complexity index is 1090. The first-order chi connectivity index (χ1) is 15.5. The molecule has 1 N–H and O–H groups in total. The number of tetrazole rings is 1. The van der Waals surface area contributed by atoms with Gasteiger partial charge in [-0.2, -0.15) is 4.68 Å². The van der Waals surface area contributed by atoms with Crippen LogP contribution in [0.1, 0.15) is 31.6 Å². The second kappa shape index (κ2) is 7.88. The fraction of sp³-hybridized carbons (Fsp3) is 0.450. The van der Waals surface area contributed by atoms with Gasteiger partial charge in [0.2, 0.25) is 5.91 Å². The fourth-order valence-corrected chi connectivity index (χ4v) is 4.27. The molecule has 3 aliphatic rings. The van der Waals surface area contributed by atoms with Crippen LogP contribution < -0.4 is 0 Å². The van der Waals surface area contributed by atoms with Crippen LogP contribution in [0, 0.1) is 5.41 Å². The van der Waals surface area contributed by atoms with Gasteiger partial charge in [0.25, 0.3) is 0 Å². The van der Waals surface area contributed by atoms with E-state index in [0.717, 1.165) is 0 Å². The van der Waals surface area contributed by atoms with E-state index < -0.39 is 11.5 Å². The zero-order valence-corrected chi connectivity index (χ0v) is 17.5. The summed E-state index contributed by atoms with van der Waals surface area (Å²) in [6.45, 7) is 3.51. The predicted molar refractivity (Wildman–Crippen MR) is 107 cm³/mol. The van der Waals surface area contributed by atoms with Crippen molar-refractivity contribution < 1.29 is 19.4 Å². The number of hydrogen-bond donors (Lipinski definition) is 1. The minimum atomic E-state index is -0.805. The van der Waals surface area contributed by atoms with Crippen molar-refractivity contribution in [2.24, 2.45) is 5.41 Å². The lowest BCUT2D eigenvalue weighted by Crippen LogP contribution is -2.46. The molecule has 12 nitrogen and oxygen atoms in total. The number of aliphatic hydroxyl groups is 1. The maximum absolute atomic E-state index is 13.2. The smallest absolute Gasteiger partial charge is 0.336 e. The monoisotopic (exact) mass is 438 g/mol. The van der Waals surface area contributed by atoms with Crippen molar-refractivity contribution in [3.8, 4) is 5.82 Å². The molecule has 5 heterocycles. The number of aliphatic hydroxyl groups excluding tert-OH is 1. The summed E-state index contributed by atoms with van der Waals surface area (Å²) in [6.07, 6.45) is 8.59. The molecule has 0 bridgehead atoms. The maximum atomic E-state index is 13.2. The van der Waals surface area contributed by atoms with Gasteiger partial charge in [0.1, 0.15) is 19.0 Å². The molecule has 2 aromatic rings. The van der Waals surface area contributed by atoms with Gasteiger partial charge in [0.15, 0.2) is 5.82 Å². The molecule has 1 spiro atoms. The van der Waals surface area contributed by atoms with E-state index >= 15 is 0 Å². The van der Waals surface area contributed by atoms with Crippen LogP contribution in [0.25, 0.3) is 5.82 Å². The van der Waals surface area contributed by atoms with Gasteiger partial charge in [-0.25, -0.2) is 9.78 Å². The summed E-state index contributed by atoms with van der Waals surface area (Å²) in [6, 6.07) is 0. The molecule has 1 atom stereocenters. The number of amides is 1. The summed E-state index contributed by atoms with van der Waals surface area (Å²) in [5, 5.41) is 21.5. The van der Waals surface area contributed by atoms with Crippen LogP contribution in [0.5, 0.6) is 0 Å². The highest BCUT2D eigenvalue weighted by Crippen LogP contribution is 2.41. The molecule has 5 rings (SSSR count). The molecule has 1 amide bonds. The van der Waals surface area contributed by atoms with Crippen molar-refractivity contribution in [2.45, 2.75) is 25.9 Å². The molecule has 3 aliphatic heterocycles. The number of piperidine rings is 1. The number of β-amino-alcohol motifs (C(OH)–C–C–N with tert-alkyl or cyclic N) is 1. The van der Waals surface area contributed by atoms with Gasteiger partial charge in [0.05, 0.1) is 34.8 Å². The number of carbonyl (C=O) groups excluding carboxylic acids is 2. The van der Waals surface area contributed by atoms with Gasteiger partial charge in [-0.15, -0.1) is 5.10 Å². The number of rotatable bonds is 5. The Morgan fingerprint density at radius 2 is 2.03 bits per heavy atom. The SMILES string of the molecule is CC1=C(N2C=CC3(CCN(CC(O)c4cnc(-n5cnnn5)cn4)CC3)C2=O)COC1=O. The molecule has 32 heavy (non-hydrogen) atoms. The van der Waals surface area contributed by atoms with E-state index in [0.29, 0.717) is 55.3 Å². The summed E-state index contributed by atoms with van der Waals surface area (Å²) in [5.41, 5.74) is 0.981. The molecule has 0 aromatic carbocycles. The van der Waals surface area contributed by atoms with Gasteiger partial charge in [-0.1, -0.05) is 6.08 Å². The third-order valence-corrected chi connectivity index (χ3v) is 6.32. The third-order valence-electron chi connectivity index (χ3n) is 6.32. The number of likely N-dealkylation sites (tertiary alicyclic amines) is 1. The van der Waals surface area contributed by atoms with Crippen molar-refractivity contribution in [3.63, 3.8) is 0 Å². The van der Waals surface area contributed by atoms with Crippen LogP contribution in [0.15, 0.2) is 42.3 Å². The molecule has 0 saturated carbocycles. The lowest BCUT2D eigenvalue weighted by atomic mass is 9.78. The predicted octanol–water partition coefficient (Wildman–Crippen LogP) is -0.245. The fourth-order valence-electron chi connectivity index (χ4n) is 4.27. The van der Waals surface area contributed by atoms with E-state index in [9.17, 15) is 14.7 Å². The van der Waals surface area contributed by atoms with Crippen LogP contribution >= 0.6 is 0 Å². The Morgan fingerprint density at radius 3 is 2.66 bits per heavy atom. The van der Waals surface area contributed by atoms with Crippen molar-refractivity contribution in [1.29, 1.82) is 0 Å². The molecule has 12 heteroatoms. The Labute approximate surface area is 183 Å². The quantitative estimate of drug-likeness (QED) is 0.622. The maximum Gasteiger partial charge on any atom is 0.336 e. The highest BCUT2D eigenvalue weighted by atomic mass is 16.5. The molecular weight excluding hydrogens is 416 g/mol. The summed E-state index contributed by atoms with van der Waals surface area (Å²) < 4.78 is 6.43. The highest BCUT2D eigenvalue weighted by Gasteiger charge is 2.47. The molecule has 2 aromatic heterocycles. The number of aromatic nitrogens is 6. The zero-order chi connectivity index (χ0) is 22.3. The first-order valence-corrected chi connectivity index (χ1v) is 10.3. The highest BCUT2D eigenvalue weighted by molar-refractivity contribution is 5.95. The Hall–Kier alpha value is -3.51. The molecule has 1 unspecified atom stereocenters. The third kappa shape index (κ3) is 3.46. The van der Waals surface area contributed by atoms with Crippen LogP contribution in [0.4, 0.5) is 0 Å². The number of esters is 1. The van der Waals surface area contributed by atoms with E-state index in [1.54, 1.807) is 18.0 Å². The number of nitrogens with zero attached hydrogens (tertiary/aromatic N) is 8.